The van der Waals surface area contributed by atoms with Crippen LogP contribution in [0.15, 0.2) is 39.9 Å². The lowest BCUT2D eigenvalue weighted by molar-refractivity contribution is 0.0999. The van der Waals surface area contributed by atoms with Crippen molar-refractivity contribution in [2.45, 2.75) is 32.1 Å². The van der Waals surface area contributed by atoms with Crippen molar-refractivity contribution in [3.63, 3.8) is 0 Å². The summed E-state index contributed by atoms with van der Waals surface area (Å²) in [5.41, 5.74) is 0.0460. The number of aromatic nitrogens is 2. The van der Waals surface area contributed by atoms with Crippen LogP contribution in [0.1, 0.15) is 42.5 Å². The van der Waals surface area contributed by atoms with Gasteiger partial charge in [-0.2, -0.15) is 0 Å². The average molecular weight is 368 g/mol. The van der Waals surface area contributed by atoms with E-state index in [0.717, 1.165) is 6.54 Å². The van der Waals surface area contributed by atoms with E-state index < -0.39 is 11.2 Å². The number of carbonyl (C=O) groups excluding carboxylic acids is 1. The number of anilines is 2. The van der Waals surface area contributed by atoms with Crippen molar-refractivity contribution in [2.24, 2.45) is 5.92 Å². The molecule has 142 valence electrons. The maximum absolute atomic E-state index is 12.6. The van der Waals surface area contributed by atoms with Gasteiger partial charge in [0.1, 0.15) is 11.5 Å². The van der Waals surface area contributed by atoms with E-state index in [1.165, 1.54) is 32.1 Å². The molecule has 27 heavy (non-hydrogen) atoms. The van der Waals surface area contributed by atoms with Gasteiger partial charge in [-0.1, -0.05) is 49.6 Å². The lowest BCUT2D eigenvalue weighted by Crippen LogP contribution is -2.38. The molecule has 1 aromatic carbocycles. The van der Waals surface area contributed by atoms with Crippen molar-refractivity contribution in [1.82, 2.24) is 9.97 Å². The van der Waals surface area contributed by atoms with E-state index in [1.807, 2.05) is 23.1 Å². The number of hydrogen-bond donors (Lipinski definition) is 2. The largest absolute Gasteiger partial charge is 0.339 e. The molecule has 1 fully saturated rings. The van der Waals surface area contributed by atoms with E-state index in [-0.39, 0.29) is 12.3 Å². The van der Waals surface area contributed by atoms with Crippen LogP contribution in [-0.4, -0.2) is 35.5 Å². The van der Waals surface area contributed by atoms with Gasteiger partial charge >= 0.3 is 5.69 Å². The fourth-order valence-electron chi connectivity index (χ4n) is 4.19. The molecule has 0 saturated heterocycles. The molecule has 1 saturated carbocycles. The van der Waals surface area contributed by atoms with Crippen LogP contribution in [0.3, 0.4) is 0 Å². The van der Waals surface area contributed by atoms with Crippen LogP contribution >= 0.6 is 0 Å². The van der Waals surface area contributed by atoms with Gasteiger partial charge < -0.3 is 9.80 Å². The lowest BCUT2D eigenvalue weighted by Gasteiger charge is -2.28. The van der Waals surface area contributed by atoms with Gasteiger partial charge in [-0.05, 0) is 18.8 Å². The number of nitrogens with one attached hydrogen (secondary N) is 2. The molecule has 2 heterocycles. The molecule has 7 heteroatoms. The maximum Gasteiger partial charge on any atom is 0.327 e. The van der Waals surface area contributed by atoms with Crippen LogP contribution in [0, 0.1) is 5.92 Å². The highest BCUT2D eigenvalue weighted by Gasteiger charge is 2.32. The smallest absolute Gasteiger partial charge is 0.327 e. The van der Waals surface area contributed by atoms with Gasteiger partial charge in [0.25, 0.3) is 5.56 Å². The number of hydrogen-bond acceptors (Lipinski definition) is 5. The first-order chi connectivity index (χ1) is 13.1. The van der Waals surface area contributed by atoms with Gasteiger partial charge in [0.15, 0.2) is 5.78 Å². The first-order valence-electron chi connectivity index (χ1n) is 9.56. The highest BCUT2D eigenvalue weighted by molar-refractivity contribution is 5.99. The van der Waals surface area contributed by atoms with Crippen LogP contribution in [0.2, 0.25) is 0 Å². The number of benzene rings is 1. The molecule has 2 aliphatic rings. The normalized spacial score (nSPS) is 17.2. The zero-order valence-electron chi connectivity index (χ0n) is 15.2. The molecular weight excluding hydrogens is 344 g/mol. The molecule has 2 N–H and O–H groups in total. The molecule has 4 rings (SSSR count). The second kappa shape index (κ2) is 7.42. The van der Waals surface area contributed by atoms with Crippen LogP contribution < -0.4 is 21.0 Å². The Morgan fingerprint density at radius 3 is 2.48 bits per heavy atom. The highest BCUT2D eigenvalue weighted by Crippen LogP contribution is 2.33. The van der Waals surface area contributed by atoms with E-state index in [4.69, 9.17) is 0 Å². The van der Waals surface area contributed by atoms with Crippen LogP contribution in [0.5, 0.6) is 0 Å². The van der Waals surface area contributed by atoms with Crippen molar-refractivity contribution < 1.29 is 4.79 Å². The van der Waals surface area contributed by atoms with E-state index in [9.17, 15) is 14.4 Å². The fraction of sp³-hybridized carbons (Fsp3) is 0.450. The van der Waals surface area contributed by atoms with E-state index in [1.54, 1.807) is 17.0 Å². The van der Waals surface area contributed by atoms with Crippen molar-refractivity contribution >= 4 is 17.3 Å². The summed E-state index contributed by atoms with van der Waals surface area (Å²) in [6.45, 7) is 1.34. The number of nitrogens with zero attached hydrogens (tertiary/aromatic N) is 2. The molecule has 1 aliphatic heterocycles. The van der Waals surface area contributed by atoms with E-state index in [0.29, 0.717) is 29.7 Å². The Labute approximate surface area is 157 Å². The molecule has 0 unspecified atom stereocenters. The highest BCUT2D eigenvalue weighted by atomic mass is 16.2. The molecule has 0 radical (unpaired) electrons. The van der Waals surface area contributed by atoms with Crippen LogP contribution in [0.4, 0.5) is 11.5 Å². The van der Waals surface area contributed by atoms with Gasteiger partial charge in [0.2, 0.25) is 0 Å². The predicted molar refractivity (Wildman–Crippen MR) is 105 cm³/mol. The Hall–Kier alpha value is -2.83. The van der Waals surface area contributed by atoms with Gasteiger partial charge in [-0.15, -0.1) is 0 Å². The molecule has 1 aromatic heterocycles. The first kappa shape index (κ1) is 17.6. The molecule has 0 atom stereocenters. The molecule has 0 amide bonds. The minimum Gasteiger partial charge on any atom is -0.339 e. The van der Waals surface area contributed by atoms with Gasteiger partial charge in [0, 0.05) is 12.1 Å². The van der Waals surface area contributed by atoms with Crippen molar-refractivity contribution in [3.8, 4) is 0 Å². The Kier molecular flexibility index (Phi) is 4.83. The zero-order valence-corrected chi connectivity index (χ0v) is 15.2. The number of H-pyrrole nitrogens is 2. The first-order valence-corrected chi connectivity index (χ1v) is 9.56. The quantitative estimate of drug-likeness (QED) is 0.789. The molecular formula is C20H24N4O3. The summed E-state index contributed by atoms with van der Waals surface area (Å²) < 4.78 is 0. The molecule has 0 bridgehead atoms. The molecule has 7 nitrogen and oxygen atoms in total. The summed E-state index contributed by atoms with van der Waals surface area (Å²) in [6.07, 6.45) is 6.08. The number of fused-ring (bicyclic) bond motifs is 1. The number of rotatable bonds is 5. The minimum atomic E-state index is -0.511. The van der Waals surface area contributed by atoms with E-state index >= 15 is 0 Å². The van der Waals surface area contributed by atoms with Gasteiger partial charge in [-0.25, -0.2) is 4.79 Å². The Bertz CT molecular complexity index is 928. The summed E-state index contributed by atoms with van der Waals surface area (Å²) in [5, 5.41) is 0. The SMILES string of the molecule is O=C(CN1CN(CC2CCCCC2)c2[nH]c(=O)[nH]c(=O)c21)c1ccccc1. The fourth-order valence-corrected chi connectivity index (χ4v) is 4.19. The van der Waals surface area contributed by atoms with Crippen molar-refractivity contribution in [3.05, 3.63) is 56.7 Å². The van der Waals surface area contributed by atoms with Gasteiger partial charge in [-0.3, -0.25) is 19.6 Å². The lowest BCUT2D eigenvalue weighted by atomic mass is 9.89. The van der Waals surface area contributed by atoms with Crippen molar-refractivity contribution in [2.75, 3.05) is 29.6 Å². The third-order valence-corrected chi connectivity index (χ3v) is 5.51. The van der Waals surface area contributed by atoms with E-state index in [2.05, 4.69) is 9.97 Å². The average Bonchev–Trinajstić information content (AvgIpc) is 3.00. The summed E-state index contributed by atoms with van der Waals surface area (Å²) >= 11 is 0. The minimum absolute atomic E-state index is 0.0494. The van der Waals surface area contributed by atoms with Crippen molar-refractivity contribution in [1.29, 1.82) is 0 Å². The Balaban J connectivity index is 1.59. The zero-order chi connectivity index (χ0) is 18.8. The Morgan fingerprint density at radius 1 is 1.00 bits per heavy atom. The Morgan fingerprint density at radius 2 is 1.74 bits per heavy atom. The summed E-state index contributed by atoms with van der Waals surface area (Å²) in [5.74, 6) is 1.04. The second-order valence-electron chi connectivity index (χ2n) is 7.46. The second-order valence-corrected chi connectivity index (χ2v) is 7.46. The molecule has 0 spiro atoms. The third kappa shape index (κ3) is 3.67. The summed E-state index contributed by atoms with van der Waals surface area (Å²) in [4.78, 5) is 45.8. The number of carbonyl (C=O) groups is 1. The number of Topliss-reactive ketones (excluding diaryl/α,β-unsaturated/α-hetero) is 1. The summed E-state index contributed by atoms with van der Waals surface area (Å²) in [7, 11) is 0. The van der Waals surface area contributed by atoms with Crippen LogP contribution in [0.25, 0.3) is 0 Å². The van der Waals surface area contributed by atoms with Crippen LogP contribution in [-0.2, 0) is 0 Å². The standard InChI is InChI=1S/C20H24N4O3/c25-16(15-9-5-2-6-10-15)12-23-13-24(11-14-7-3-1-4-8-14)18-17(23)19(26)22-20(27)21-18/h2,5-6,9-10,14H,1,3-4,7-8,11-13H2,(H2,21,22,26,27). The van der Waals surface area contributed by atoms with Gasteiger partial charge in [0.05, 0.1) is 13.2 Å². The summed E-state index contributed by atoms with van der Waals surface area (Å²) in [6, 6.07) is 9.06. The third-order valence-electron chi connectivity index (χ3n) is 5.51. The monoisotopic (exact) mass is 368 g/mol. The predicted octanol–water partition coefficient (Wildman–Crippen LogP) is 2.11. The maximum atomic E-state index is 12.6. The molecule has 1 aliphatic carbocycles. The number of aromatic amines is 2. The number of ketones is 1. The molecule has 2 aromatic rings. The topological polar surface area (TPSA) is 89.3 Å².